The fourth-order valence-corrected chi connectivity index (χ4v) is 4.18. The summed E-state index contributed by atoms with van der Waals surface area (Å²) in [5.74, 6) is 0.179. The molecule has 2 saturated heterocycles. The number of amides is 1. The van der Waals surface area contributed by atoms with E-state index in [1.165, 1.54) is 12.1 Å². The van der Waals surface area contributed by atoms with Crippen LogP contribution in [0.1, 0.15) is 23.2 Å². The molecular weight excluding hydrogens is 322 g/mol. The lowest BCUT2D eigenvalue weighted by Crippen LogP contribution is -2.55. The number of hydrogen-bond donors (Lipinski definition) is 0. The molecule has 0 spiro atoms. The van der Waals surface area contributed by atoms with Crippen molar-refractivity contribution in [1.82, 2.24) is 9.80 Å². The summed E-state index contributed by atoms with van der Waals surface area (Å²) in [4.78, 5) is 19.9. The zero-order valence-electron chi connectivity index (χ0n) is 15.3. The molecule has 26 heavy (non-hydrogen) atoms. The summed E-state index contributed by atoms with van der Waals surface area (Å²) in [5, 5.41) is 0. The number of hydrogen-bond acceptors (Lipinski definition) is 3. The molecule has 0 aromatic heterocycles. The molecule has 4 heteroatoms. The second kappa shape index (κ2) is 7.92. The molecule has 136 valence electrons. The van der Waals surface area contributed by atoms with Crippen molar-refractivity contribution in [3.8, 4) is 0 Å². The molecule has 4 nitrogen and oxygen atoms in total. The summed E-state index contributed by atoms with van der Waals surface area (Å²) in [7, 11) is 0. The number of carbonyl (C=O) groups is 1. The van der Waals surface area contributed by atoms with Gasteiger partial charge < -0.3 is 9.80 Å². The number of nitrogens with zero attached hydrogens (tertiary/aromatic N) is 3. The Hall–Kier alpha value is -2.33. The Bertz CT molecular complexity index is 711. The number of para-hydroxylation sites is 1. The third kappa shape index (κ3) is 3.75. The van der Waals surface area contributed by atoms with Crippen LogP contribution in [0.25, 0.3) is 0 Å². The predicted molar refractivity (Wildman–Crippen MR) is 106 cm³/mol. The minimum Gasteiger partial charge on any atom is -0.369 e. The molecular formula is C22H27N3O. The van der Waals surface area contributed by atoms with Crippen molar-refractivity contribution < 1.29 is 4.79 Å². The van der Waals surface area contributed by atoms with Gasteiger partial charge in [-0.25, -0.2) is 0 Å². The molecule has 1 amide bonds. The molecule has 0 N–H and O–H groups in total. The van der Waals surface area contributed by atoms with Crippen LogP contribution < -0.4 is 4.90 Å². The standard InChI is InChI=1S/C22H27N3O/c26-22(19-8-3-1-4-9-19)25-13-7-12-21(18-25)24-16-14-23(15-17-24)20-10-5-2-6-11-20/h1-6,8-11,21H,7,12-18H2. The van der Waals surface area contributed by atoms with Crippen LogP contribution >= 0.6 is 0 Å². The minimum absolute atomic E-state index is 0.179. The second-order valence-electron chi connectivity index (χ2n) is 7.27. The zero-order valence-corrected chi connectivity index (χ0v) is 15.3. The molecule has 2 aliphatic rings. The van der Waals surface area contributed by atoms with E-state index in [9.17, 15) is 4.79 Å². The number of rotatable bonds is 3. The van der Waals surface area contributed by atoms with Gasteiger partial charge in [-0.3, -0.25) is 9.69 Å². The highest BCUT2D eigenvalue weighted by molar-refractivity contribution is 5.94. The van der Waals surface area contributed by atoms with Crippen molar-refractivity contribution in [2.75, 3.05) is 44.2 Å². The Morgan fingerprint density at radius 3 is 2.15 bits per heavy atom. The normalized spacial score (nSPS) is 21.6. The number of carbonyl (C=O) groups excluding carboxylic acids is 1. The molecule has 2 heterocycles. The molecule has 0 radical (unpaired) electrons. The lowest BCUT2D eigenvalue weighted by Gasteiger charge is -2.44. The maximum atomic E-state index is 12.8. The van der Waals surface area contributed by atoms with E-state index in [1.807, 2.05) is 35.2 Å². The Labute approximate surface area is 156 Å². The number of anilines is 1. The second-order valence-corrected chi connectivity index (χ2v) is 7.27. The van der Waals surface area contributed by atoms with Crippen LogP contribution in [-0.2, 0) is 0 Å². The molecule has 2 aromatic rings. The topological polar surface area (TPSA) is 26.8 Å². The lowest BCUT2D eigenvalue weighted by atomic mass is 10.0. The molecule has 0 saturated carbocycles. The van der Waals surface area contributed by atoms with Gasteiger partial charge in [0.2, 0.25) is 0 Å². The van der Waals surface area contributed by atoms with E-state index >= 15 is 0 Å². The SMILES string of the molecule is O=C(c1ccccc1)N1CCCC(N2CCN(c3ccccc3)CC2)C1. The molecule has 1 unspecified atom stereocenters. The quantitative estimate of drug-likeness (QED) is 0.852. The van der Waals surface area contributed by atoms with Crippen LogP contribution in [0.3, 0.4) is 0 Å². The van der Waals surface area contributed by atoms with Crippen LogP contribution in [-0.4, -0.2) is 61.0 Å². The van der Waals surface area contributed by atoms with E-state index in [0.29, 0.717) is 6.04 Å². The van der Waals surface area contributed by atoms with Gasteiger partial charge in [0, 0.05) is 56.6 Å². The highest BCUT2D eigenvalue weighted by Gasteiger charge is 2.30. The van der Waals surface area contributed by atoms with Crippen molar-refractivity contribution >= 4 is 11.6 Å². The largest absolute Gasteiger partial charge is 0.369 e. The van der Waals surface area contributed by atoms with Crippen molar-refractivity contribution in [2.24, 2.45) is 0 Å². The van der Waals surface area contributed by atoms with Gasteiger partial charge in [-0.1, -0.05) is 36.4 Å². The third-order valence-corrected chi connectivity index (χ3v) is 5.66. The number of likely N-dealkylation sites (tertiary alicyclic amines) is 1. The summed E-state index contributed by atoms with van der Waals surface area (Å²) in [6, 6.07) is 20.8. The third-order valence-electron chi connectivity index (χ3n) is 5.66. The van der Waals surface area contributed by atoms with Crippen LogP contribution in [0.15, 0.2) is 60.7 Å². The lowest BCUT2D eigenvalue weighted by molar-refractivity contribution is 0.0563. The highest BCUT2D eigenvalue weighted by atomic mass is 16.2. The summed E-state index contributed by atoms with van der Waals surface area (Å²) in [6.45, 7) is 6.02. The van der Waals surface area contributed by atoms with Crippen LogP contribution in [0.5, 0.6) is 0 Å². The number of piperidine rings is 1. The van der Waals surface area contributed by atoms with Crippen molar-refractivity contribution in [3.05, 3.63) is 66.2 Å². The zero-order chi connectivity index (χ0) is 17.8. The van der Waals surface area contributed by atoms with Gasteiger partial charge in [0.25, 0.3) is 5.91 Å². The fraction of sp³-hybridized carbons (Fsp3) is 0.409. The van der Waals surface area contributed by atoms with E-state index in [-0.39, 0.29) is 5.91 Å². The van der Waals surface area contributed by atoms with E-state index in [4.69, 9.17) is 0 Å². The van der Waals surface area contributed by atoms with Gasteiger partial charge in [-0.2, -0.15) is 0 Å². The van der Waals surface area contributed by atoms with Crippen LogP contribution in [0.4, 0.5) is 5.69 Å². The Kier molecular flexibility index (Phi) is 5.21. The summed E-state index contributed by atoms with van der Waals surface area (Å²) in [6.07, 6.45) is 2.30. The first-order valence-corrected chi connectivity index (χ1v) is 9.69. The molecule has 2 fully saturated rings. The minimum atomic E-state index is 0.179. The van der Waals surface area contributed by atoms with Gasteiger partial charge in [-0.15, -0.1) is 0 Å². The maximum Gasteiger partial charge on any atom is 0.253 e. The van der Waals surface area contributed by atoms with Gasteiger partial charge in [0.15, 0.2) is 0 Å². The average molecular weight is 349 g/mol. The Morgan fingerprint density at radius 2 is 1.46 bits per heavy atom. The van der Waals surface area contributed by atoms with Gasteiger partial charge in [-0.05, 0) is 37.1 Å². The smallest absolute Gasteiger partial charge is 0.253 e. The maximum absolute atomic E-state index is 12.8. The average Bonchev–Trinajstić information content (AvgIpc) is 2.75. The van der Waals surface area contributed by atoms with Crippen molar-refractivity contribution in [2.45, 2.75) is 18.9 Å². The van der Waals surface area contributed by atoms with Gasteiger partial charge in [0.05, 0.1) is 0 Å². The number of benzene rings is 2. The summed E-state index contributed by atoms with van der Waals surface area (Å²) >= 11 is 0. The van der Waals surface area contributed by atoms with E-state index < -0.39 is 0 Å². The van der Waals surface area contributed by atoms with Crippen molar-refractivity contribution in [1.29, 1.82) is 0 Å². The first-order chi connectivity index (χ1) is 12.8. The van der Waals surface area contributed by atoms with E-state index in [2.05, 4.69) is 40.1 Å². The first-order valence-electron chi connectivity index (χ1n) is 9.69. The van der Waals surface area contributed by atoms with E-state index in [0.717, 1.165) is 51.3 Å². The Balaban J connectivity index is 1.35. The first kappa shape index (κ1) is 17.1. The summed E-state index contributed by atoms with van der Waals surface area (Å²) < 4.78 is 0. The van der Waals surface area contributed by atoms with E-state index in [1.54, 1.807) is 0 Å². The monoisotopic (exact) mass is 349 g/mol. The molecule has 0 aliphatic carbocycles. The summed E-state index contributed by atoms with van der Waals surface area (Å²) in [5.41, 5.74) is 2.12. The van der Waals surface area contributed by atoms with Crippen LogP contribution in [0, 0.1) is 0 Å². The van der Waals surface area contributed by atoms with Crippen molar-refractivity contribution in [3.63, 3.8) is 0 Å². The fourth-order valence-electron chi connectivity index (χ4n) is 4.18. The molecule has 2 aromatic carbocycles. The van der Waals surface area contributed by atoms with Gasteiger partial charge in [0.1, 0.15) is 0 Å². The molecule has 4 rings (SSSR count). The molecule has 1 atom stereocenters. The molecule has 2 aliphatic heterocycles. The predicted octanol–water partition coefficient (Wildman–Crippen LogP) is 3.11. The van der Waals surface area contributed by atoms with Gasteiger partial charge >= 0.3 is 0 Å². The highest BCUT2D eigenvalue weighted by Crippen LogP contribution is 2.21. The Morgan fingerprint density at radius 1 is 0.808 bits per heavy atom. The van der Waals surface area contributed by atoms with Crippen LogP contribution in [0.2, 0.25) is 0 Å². The molecule has 0 bridgehead atoms. The number of piperazine rings is 1.